The van der Waals surface area contributed by atoms with E-state index < -0.39 is 0 Å². The maximum absolute atomic E-state index is 5.23. The van der Waals surface area contributed by atoms with E-state index in [1.54, 1.807) is 37.3 Å². The quantitative estimate of drug-likeness (QED) is 0.476. The zero-order valence-corrected chi connectivity index (χ0v) is 15.0. The molecular formula is C21H13N7O. The van der Waals surface area contributed by atoms with Gasteiger partial charge in [-0.05, 0) is 24.3 Å². The normalized spacial score (nSPS) is 11.4. The SMILES string of the molecule is c1ncc(-c2cc3c(-c4cc5c(-c6ccoc6)nccc5[nH]4)n[nH]c3cn2)cn1. The van der Waals surface area contributed by atoms with Crippen LogP contribution in [0, 0.1) is 0 Å². The van der Waals surface area contributed by atoms with Gasteiger partial charge in [-0.25, -0.2) is 9.97 Å². The Hall–Kier alpha value is -4.33. The highest BCUT2D eigenvalue weighted by Gasteiger charge is 2.15. The third kappa shape index (κ3) is 2.50. The van der Waals surface area contributed by atoms with Crippen molar-refractivity contribution >= 4 is 21.8 Å². The molecule has 0 fully saturated rings. The van der Waals surface area contributed by atoms with Crippen LogP contribution in [-0.2, 0) is 0 Å². The van der Waals surface area contributed by atoms with E-state index in [2.05, 4.69) is 41.2 Å². The molecule has 6 aromatic rings. The zero-order valence-electron chi connectivity index (χ0n) is 15.0. The summed E-state index contributed by atoms with van der Waals surface area (Å²) < 4.78 is 5.23. The number of aromatic amines is 2. The van der Waals surface area contributed by atoms with Crippen LogP contribution in [0.15, 0.2) is 72.3 Å². The standard InChI is InChI=1S/C21H13N7O/c1-3-24-20(12-2-4-29-10-12)14-6-18(26-16(1)14)21-15-5-17(13-7-22-11-23-8-13)25-9-19(15)27-28-21/h1-11,26H,(H,27,28). The van der Waals surface area contributed by atoms with Crippen LogP contribution >= 0.6 is 0 Å². The molecule has 0 atom stereocenters. The third-order valence-corrected chi connectivity index (χ3v) is 4.90. The third-order valence-electron chi connectivity index (χ3n) is 4.90. The highest BCUT2D eigenvalue weighted by Crippen LogP contribution is 2.33. The Morgan fingerprint density at radius 3 is 2.59 bits per heavy atom. The molecule has 8 nitrogen and oxygen atoms in total. The lowest BCUT2D eigenvalue weighted by Crippen LogP contribution is -1.86. The van der Waals surface area contributed by atoms with Gasteiger partial charge in [0, 0.05) is 46.0 Å². The van der Waals surface area contributed by atoms with E-state index in [4.69, 9.17) is 4.42 Å². The van der Waals surface area contributed by atoms with Gasteiger partial charge in [0.25, 0.3) is 0 Å². The van der Waals surface area contributed by atoms with Crippen molar-refractivity contribution in [3.63, 3.8) is 0 Å². The van der Waals surface area contributed by atoms with Crippen molar-refractivity contribution in [3.8, 4) is 33.9 Å². The molecule has 0 aliphatic carbocycles. The summed E-state index contributed by atoms with van der Waals surface area (Å²) in [4.78, 5) is 20.6. The molecule has 0 radical (unpaired) electrons. The Morgan fingerprint density at radius 2 is 1.72 bits per heavy atom. The second kappa shape index (κ2) is 6.10. The Labute approximate surface area is 163 Å². The summed E-state index contributed by atoms with van der Waals surface area (Å²) in [5.41, 5.74) is 6.98. The van der Waals surface area contributed by atoms with E-state index in [9.17, 15) is 0 Å². The number of H-pyrrole nitrogens is 2. The largest absolute Gasteiger partial charge is 0.472 e. The molecule has 8 heteroatoms. The molecule has 0 bridgehead atoms. The number of aromatic nitrogens is 7. The molecule has 138 valence electrons. The molecule has 6 aromatic heterocycles. The fraction of sp³-hybridized carbons (Fsp3) is 0. The first kappa shape index (κ1) is 15.7. The van der Waals surface area contributed by atoms with Crippen molar-refractivity contribution in [1.29, 1.82) is 0 Å². The molecule has 0 aliphatic heterocycles. The first-order valence-corrected chi connectivity index (χ1v) is 8.97. The summed E-state index contributed by atoms with van der Waals surface area (Å²) in [6.45, 7) is 0. The van der Waals surface area contributed by atoms with E-state index in [0.717, 1.165) is 55.7 Å². The van der Waals surface area contributed by atoms with Gasteiger partial charge in [0.05, 0.1) is 41.3 Å². The first-order chi connectivity index (χ1) is 14.4. The van der Waals surface area contributed by atoms with Crippen LogP contribution in [0.1, 0.15) is 0 Å². The zero-order chi connectivity index (χ0) is 19.2. The number of pyridine rings is 2. The summed E-state index contributed by atoms with van der Waals surface area (Å²) in [6.07, 6.45) is 11.9. The Bertz CT molecular complexity index is 1450. The fourth-order valence-corrected chi connectivity index (χ4v) is 3.52. The fourth-order valence-electron chi connectivity index (χ4n) is 3.52. The lowest BCUT2D eigenvalue weighted by Gasteiger charge is -2.00. The number of fused-ring (bicyclic) bond motifs is 2. The van der Waals surface area contributed by atoms with Crippen molar-refractivity contribution in [2.24, 2.45) is 0 Å². The van der Waals surface area contributed by atoms with Crippen molar-refractivity contribution in [2.45, 2.75) is 0 Å². The van der Waals surface area contributed by atoms with Crippen LogP contribution < -0.4 is 0 Å². The Kier molecular flexibility index (Phi) is 3.30. The molecule has 0 spiro atoms. The Balaban J connectivity index is 1.53. The van der Waals surface area contributed by atoms with Crippen LogP contribution in [0.2, 0.25) is 0 Å². The average Bonchev–Trinajstić information content (AvgIpc) is 3.52. The minimum Gasteiger partial charge on any atom is -0.472 e. The van der Waals surface area contributed by atoms with Gasteiger partial charge in [0.2, 0.25) is 0 Å². The molecule has 0 aromatic carbocycles. The van der Waals surface area contributed by atoms with Gasteiger partial charge in [-0.3, -0.25) is 15.1 Å². The number of hydrogen-bond donors (Lipinski definition) is 2. The van der Waals surface area contributed by atoms with Gasteiger partial charge in [-0.1, -0.05) is 0 Å². The van der Waals surface area contributed by atoms with E-state index in [1.165, 1.54) is 6.33 Å². The first-order valence-electron chi connectivity index (χ1n) is 8.97. The molecule has 2 N–H and O–H groups in total. The van der Waals surface area contributed by atoms with Crippen LogP contribution in [0.5, 0.6) is 0 Å². The van der Waals surface area contributed by atoms with E-state index >= 15 is 0 Å². The molecule has 0 aliphatic rings. The Morgan fingerprint density at radius 1 is 0.828 bits per heavy atom. The highest BCUT2D eigenvalue weighted by molar-refractivity contribution is 6.00. The van der Waals surface area contributed by atoms with Gasteiger partial charge in [0.15, 0.2) is 0 Å². The van der Waals surface area contributed by atoms with Gasteiger partial charge in [-0.15, -0.1) is 0 Å². The van der Waals surface area contributed by atoms with E-state index in [0.29, 0.717) is 0 Å². The molecule has 6 heterocycles. The molecule has 29 heavy (non-hydrogen) atoms. The summed E-state index contributed by atoms with van der Waals surface area (Å²) in [5.74, 6) is 0. The summed E-state index contributed by atoms with van der Waals surface area (Å²) in [6, 6.07) is 7.91. The van der Waals surface area contributed by atoms with Crippen LogP contribution in [0.25, 0.3) is 55.7 Å². The number of nitrogens with one attached hydrogen (secondary N) is 2. The monoisotopic (exact) mass is 379 g/mol. The maximum atomic E-state index is 5.23. The van der Waals surface area contributed by atoms with Gasteiger partial charge < -0.3 is 9.40 Å². The predicted molar refractivity (Wildman–Crippen MR) is 108 cm³/mol. The van der Waals surface area contributed by atoms with Crippen molar-refractivity contribution in [1.82, 2.24) is 35.1 Å². The predicted octanol–water partition coefficient (Wildman–Crippen LogP) is 4.22. The summed E-state index contributed by atoms with van der Waals surface area (Å²) >= 11 is 0. The molecule has 0 unspecified atom stereocenters. The number of rotatable bonds is 3. The van der Waals surface area contributed by atoms with Gasteiger partial charge >= 0.3 is 0 Å². The number of nitrogens with zero attached hydrogens (tertiary/aromatic N) is 5. The van der Waals surface area contributed by atoms with Crippen molar-refractivity contribution in [2.75, 3.05) is 0 Å². The number of hydrogen-bond acceptors (Lipinski definition) is 6. The highest BCUT2D eigenvalue weighted by atomic mass is 16.3. The topological polar surface area (TPSA) is 109 Å². The van der Waals surface area contributed by atoms with Crippen molar-refractivity contribution < 1.29 is 4.42 Å². The second-order valence-electron chi connectivity index (χ2n) is 6.63. The minimum atomic E-state index is 0.789. The summed E-state index contributed by atoms with van der Waals surface area (Å²) in [7, 11) is 0. The van der Waals surface area contributed by atoms with E-state index in [1.807, 2.05) is 18.2 Å². The molecular weight excluding hydrogens is 366 g/mol. The van der Waals surface area contributed by atoms with Crippen LogP contribution in [0.4, 0.5) is 0 Å². The molecule has 0 saturated carbocycles. The lowest BCUT2D eigenvalue weighted by molar-refractivity contribution is 0.568. The molecule has 0 saturated heterocycles. The minimum absolute atomic E-state index is 0.789. The van der Waals surface area contributed by atoms with Crippen LogP contribution in [0.3, 0.4) is 0 Å². The maximum Gasteiger partial charge on any atom is 0.116 e. The smallest absolute Gasteiger partial charge is 0.116 e. The van der Waals surface area contributed by atoms with Crippen LogP contribution in [-0.4, -0.2) is 35.1 Å². The average molecular weight is 379 g/mol. The molecule has 0 amide bonds. The van der Waals surface area contributed by atoms with Gasteiger partial charge in [-0.2, -0.15) is 5.10 Å². The summed E-state index contributed by atoms with van der Waals surface area (Å²) in [5, 5.41) is 9.55. The lowest BCUT2D eigenvalue weighted by atomic mass is 10.1. The molecule has 6 rings (SSSR count). The van der Waals surface area contributed by atoms with Crippen molar-refractivity contribution in [3.05, 3.63) is 67.9 Å². The van der Waals surface area contributed by atoms with Gasteiger partial charge in [0.1, 0.15) is 12.0 Å². The second-order valence-corrected chi connectivity index (χ2v) is 6.63. The number of furan rings is 1. The van der Waals surface area contributed by atoms with E-state index in [-0.39, 0.29) is 0 Å².